The van der Waals surface area contributed by atoms with Crippen molar-refractivity contribution in [1.29, 1.82) is 0 Å². The number of sulfonamides is 1. The zero-order valence-electron chi connectivity index (χ0n) is 9.13. The lowest BCUT2D eigenvalue weighted by molar-refractivity contribution is 0.301. The second-order valence-electron chi connectivity index (χ2n) is 3.63. The Balaban J connectivity index is 2.42. The van der Waals surface area contributed by atoms with Crippen LogP contribution < -0.4 is 4.72 Å². The molecule has 0 saturated heterocycles. The zero-order valence-corrected chi connectivity index (χ0v) is 9.94. The Kier molecular flexibility index (Phi) is 3.42. The van der Waals surface area contributed by atoms with E-state index in [2.05, 4.69) is 4.72 Å². The van der Waals surface area contributed by atoms with Crippen LogP contribution in [0, 0.1) is 0 Å². The van der Waals surface area contributed by atoms with E-state index < -0.39 is 10.0 Å². The van der Waals surface area contributed by atoms with E-state index in [0.717, 1.165) is 10.8 Å². The molecule has 0 aliphatic rings. The van der Waals surface area contributed by atoms with Crippen molar-refractivity contribution >= 4 is 20.8 Å². The highest BCUT2D eigenvalue weighted by Gasteiger charge is 2.13. The van der Waals surface area contributed by atoms with Gasteiger partial charge in [0.15, 0.2) is 0 Å². The molecule has 5 heteroatoms. The lowest BCUT2D eigenvalue weighted by Gasteiger charge is -2.06. The average molecular weight is 251 g/mol. The molecule has 0 amide bonds. The summed E-state index contributed by atoms with van der Waals surface area (Å²) in [6.45, 7) is -0.192. The van der Waals surface area contributed by atoms with E-state index in [1.54, 1.807) is 18.2 Å². The van der Waals surface area contributed by atoms with E-state index in [0.29, 0.717) is 0 Å². The summed E-state index contributed by atoms with van der Waals surface area (Å²) < 4.78 is 25.9. The summed E-state index contributed by atoms with van der Waals surface area (Å²) in [5.74, 6) is 0. The number of benzene rings is 2. The van der Waals surface area contributed by atoms with E-state index in [4.69, 9.17) is 5.11 Å². The van der Waals surface area contributed by atoms with Gasteiger partial charge in [0.05, 0.1) is 11.5 Å². The van der Waals surface area contributed by atoms with Crippen LogP contribution in [0.2, 0.25) is 0 Å². The molecule has 90 valence electrons. The average Bonchev–Trinajstić information content (AvgIpc) is 2.36. The summed E-state index contributed by atoms with van der Waals surface area (Å²) in [6, 6.07) is 12.5. The van der Waals surface area contributed by atoms with Gasteiger partial charge < -0.3 is 5.11 Å². The van der Waals surface area contributed by atoms with Crippen LogP contribution in [-0.4, -0.2) is 26.7 Å². The predicted octanol–water partition coefficient (Wildman–Crippen LogP) is 1.11. The van der Waals surface area contributed by atoms with Crippen molar-refractivity contribution in [1.82, 2.24) is 4.72 Å². The quantitative estimate of drug-likeness (QED) is 0.855. The second kappa shape index (κ2) is 4.83. The molecule has 0 aromatic heterocycles. The summed E-state index contributed by atoms with van der Waals surface area (Å²) in [7, 11) is -3.52. The van der Waals surface area contributed by atoms with Gasteiger partial charge in [-0.15, -0.1) is 0 Å². The molecule has 0 atom stereocenters. The third-order valence-corrected chi connectivity index (χ3v) is 3.89. The summed E-state index contributed by atoms with van der Waals surface area (Å²) in [6.07, 6.45) is 0. The van der Waals surface area contributed by atoms with Crippen molar-refractivity contribution in [3.8, 4) is 0 Å². The Morgan fingerprint density at radius 3 is 2.47 bits per heavy atom. The number of hydrogen-bond acceptors (Lipinski definition) is 3. The Bertz CT molecular complexity index is 622. The highest BCUT2D eigenvalue weighted by atomic mass is 32.2. The van der Waals surface area contributed by atoms with Crippen LogP contribution in [0.3, 0.4) is 0 Å². The molecule has 4 nitrogen and oxygen atoms in total. The molecule has 17 heavy (non-hydrogen) atoms. The van der Waals surface area contributed by atoms with Gasteiger partial charge in [-0.3, -0.25) is 0 Å². The molecular formula is C12H13NO3S. The van der Waals surface area contributed by atoms with Crippen molar-refractivity contribution in [3.05, 3.63) is 42.5 Å². The molecule has 2 N–H and O–H groups in total. The van der Waals surface area contributed by atoms with Crippen LogP contribution in [-0.2, 0) is 10.0 Å². The van der Waals surface area contributed by atoms with Gasteiger partial charge in [-0.05, 0) is 22.9 Å². The van der Waals surface area contributed by atoms with Crippen molar-refractivity contribution in [2.75, 3.05) is 13.2 Å². The Labute approximate surface area is 99.9 Å². The summed E-state index contributed by atoms with van der Waals surface area (Å²) >= 11 is 0. The molecule has 0 radical (unpaired) electrons. The van der Waals surface area contributed by atoms with Crippen molar-refractivity contribution in [3.63, 3.8) is 0 Å². The minimum absolute atomic E-state index is 0.0230. The van der Waals surface area contributed by atoms with Gasteiger partial charge >= 0.3 is 0 Å². The van der Waals surface area contributed by atoms with Crippen LogP contribution in [0.25, 0.3) is 10.8 Å². The molecule has 0 spiro atoms. The highest BCUT2D eigenvalue weighted by Crippen LogP contribution is 2.18. The Hall–Kier alpha value is -1.43. The lowest BCUT2D eigenvalue weighted by atomic mass is 10.1. The topological polar surface area (TPSA) is 66.4 Å². The normalized spacial score (nSPS) is 11.8. The maximum atomic E-state index is 11.8. The maximum absolute atomic E-state index is 11.8. The molecule has 0 fully saturated rings. The van der Waals surface area contributed by atoms with Gasteiger partial charge in [-0.25, -0.2) is 13.1 Å². The third-order valence-electron chi connectivity index (χ3n) is 2.44. The molecule has 0 aliphatic heterocycles. The van der Waals surface area contributed by atoms with E-state index in [1.807, 2.05) is 24.3 Å². The molecule has 0 aliphatic carbocycles. The van der Waals surface area contributed by atoms with Crippen LogP contribution >= 0.6 is 0 Å². The third kappa shape index (κ3) is 2.63. The van der Waals surface area contributed by atoms with Gasteiger partial charge in [0.25, 0.3) is 0 Å². The van der Waals surface area contributed by atoms with Crippen molar-refractivity contribution in [2.45, 2.75) is 4.90 Å². The first-order valence-corrected chi connectivity index (χ1v) is 6.71. The van der Waals surface area contributed by atoms with Gasteiger partial charge in [-0.2, -0.15) is 0 Å². The minimum atomic E-state index is -3.52. The molecule has 0 bridgehead atoms. The molecule has 0 unspecified atom stereocenters. The molecule has 2 rings (SSSR count). The number of aliphatic hydroxyl groups is 1. The predicted molar refractivity (Wildman–Crippen MR) is 66.2 cm³/mol. The van der Waals surface area contributed by atoms with Crippen molar-refractivity contribution < 1.29 is 13.5 Å². The van der Waals surface area contributed by atoms with Crippen LogP contribution in [0.5, 0.6) is 0 Å². The van der Waals surface area contributed by atoms with Crippen LogP contribution in [0.15, 0.2) is 47.4 Å². The summed E-state index contributed by atoms with van der Waals surface area (Å²) in [5.41, 5.74) is 0. The molecule has 0 heterocycles. The van der Waals surface area contributed by atoms with E-state index in [-0.39, 0.29) is 18.0 Å². The minimum Gasteiger partial charge on any atom is -0.395 e. The SMILES string of the molecule is O=S(=O)(NCCO)c1ccc2ccccc2c1. The number of fused-ring (bicyclic) bond motifs is 1. The zero-order chi connectivity index (χ0) is 12.3. The van der Waals surface area contributed by atoms with Crippen LogP contribution in [0.4, 0.5) is 0 Å². The first kappa shape index (κ1) is 12.0. The smallest absolute Gasteiger partial charge is 0.240 e. The summed E-state index contributed by atoms with van der Waals surface area (Å²) in [5, 5.41) is 10.5. The largest absolute Gasteiger partial charge is 0.395 e. The fraction of sp³-hybridized carbons (Fsp3) is 0.167. The van der Waals surface area contributed by atoms with E-state index in [9.17, 15) is 8.42 Å². The molecule has 2 aromatic rings. The highest BCUT2D eigenvalue weighted by molar-refractivity contribution is 7.89. The van der Waals surface area contributed by atoms with Gasteiger partial charge in [0.1, 0.15) is 0 Å². The van der Waals surface area contributed by atoms with E-state index >= 15 is 0 Å². The molecule has 2 aromatic carbocycles. The van der Waals surface area contributed by atoms with E-state index in [1.165, 1.54) is 0 Å². The Morgan fingerprint density at radius 2 is 1.76 bits per heavy atom. The first-order valence-electron chi connectivity index (χ1n) is 5.23. The standard InChI is InChI=1S/C12H13NO3S/c14-8-7-13-17(15,16)12-6-5-10-3-1-2-4-11(10)9-12/h1-6,9,13-14H,7-8H2. The number of hydrogen-bond donors (Lipinski definition) is 2. The number of aliphatic hydroxyl groups excluding tert-OH is 1. The number of nitrogens with one attached hydrogen (secondary N) is 1. The van der Waals surface area contributed by atoms with Gasteiger partial charge in [-0.1, -0.05) is 30.3 Å². The van der Waals surface area contributed by atoms with Crippen molar-refractivity contribution in [2.24, 2.45) is 0 Å². The monoisotopic (exact) mass is 251 g/mol. The second-order valence-corrected chi connectivity index (χ2v) is 5.40. The summed E-state index contributed by atoms with van der Waals surface area (Å²) in [4.78, 5) is 0.213. The number of rotatable bonds is 4. The van der Waals surface area contributed by atoms with Crippen LogP contribution in [0.1, 0.15) is 0 Å². The lowest BCUT2D eigenvalue weighted by Crippen LogP contribution is -2.26. The maximum Gasteiger partial charge on any atom is 0.240 e. The molecule has 0 saturated carbocycles. The molecular weight excluding hydrogens is 238 g/mol. The fourth-order valence-corrected chi connectivity index (χ4v) is 2.65. The fourth-order valence-electron chi connectivity index (χ4n) is 1.60. The Morgan fingerprint density at radius 1 is 1.06 bits per heavy atom. The van der Waals surface area contributed by atoms with Gasteiger partial charge in [0.2, 0.25) is 10.0 Å². The first-order chi connectivity index (χ1) is 8.13. The van der Waals surface area contributed by atoms with Gasteiger partial charge in [0, 0.05) is 6.54 Å².